The largest absolute Gasteiger partial charge is 0.308 e. The molecule has 2 nitrogen and oxygen atoms in total. The SMILES string of the molecule is CCC1(C)CN(Cc2ccc(F)cc2F)C(C)(C)CN1. The molecule has 1 saturated heterocycles. The van der Waals surface area contributed by atoms with E-state index in [1.807, 2.05) is 0 Å². The highest BCUT2D eigenvalue weighted by Crippen LogP contribution is 2.27. The van der Waals surface area contributed by atoms with Crippen LogP contribution >= 0.6 is 0 Å². The molecule has 0 saturated carbocycles. The molecule has 0 bridgehead atoms. The molecule has 1 aliphatic heterocycles. The third kappa shape index (κ3) is 3.18. The van der Waals surface area contributed by atoms with Crippen LogP contribution in [0.15, 0.2) is 18.2 Å². The number of nitrogens with one attached hydrogen (secondary N) is 1. The van der Waals surface area contributed by atoms with Crippen molar-refractivity contribution < 1.29 is 8.78 Å². The van der Waals surface area contributed by atoms with Gasteiger partial charge in [0, 0.05) is 42.3 Å². The van der Waals surface area contributed by atoms with Gasteiger partial charge in [0.05, 0.1) is 0 Å². The first-order valence-corrected chi connectivity index (χ1v) is 7.20. The number of benzene rings is 1. The van der Waals surface area contributed by atoms with E-state index in [-0.39, 0.29) is 11.1 Å². The quantitative estimate of drug-likeness (QED) is 0.915. The van der Waals surface area contributed by atoms with E-state index in [2.05, 4.69) is 37.9 Å². The summed E-state index contributed by atoms with van der Waals surface area (Å²) in [5.41, 5.74) is 0.557. The molecule has 1 aromatic carbocycles. The number of hydrogen-bond acceptors (Lipinski definition) is 2. The normalized spacial score (nSPS) is 26.7. The first-order chi connectivity index (χ1) is 9.26. The summed E-state index contributed by atoms with van der Waals surface area (Å²) in [6.45, 7) is 10.9. The summed E-state index contributed by atoms with van der Waals surface area (Å²) in [7, 11) is 0. The lowest BCUT2D eigenvalue weighted by atomic mass is 9.88. The highest BCUT2D eigenvalue weighted by molar-refractivity contribution is 5.19. The smallest absolute Gasteiger partial charge is 0.130 e. The molecule has 112 valence electrons. The highest BCUT2D eigenvalue weighted by Gasteiger charge is 2.39. The lowest BCUT2D eigenvalue weighted by Crippen LogP contribution is -2.66. The van der Waals surface area contributed by atoms with Crippen LogP contribution in [-0.4, -0.2) is 29.1 Å². The van der Waals surface area contributed by atoms with Gasteiger partial charge in [-0.15, -0.1) is 0 Å². The summed E-state index contributed by atoms with van der Waals surface area (Å²) in [4.78, 5) is 2.28. The van der Waals surface area contributed by atoms with Crippen LogP contribution in [0.4, 0.5) is 8.78 Å². The molecule has 0 aliphatic carbocycles. The maximum Gasteiger partial charge on any atom is 0.130 e. The summed E-state index contributed by atoms with van der Waals surface area (Å²) >= 11 is 0. The van der Waals surface area contributed by atoms with Gasteiger partial charge in [-0.25, -0.2) is 8.78 Å². The predicted octanol–water partition coefficient (Wildman–Crippen LogP) is 3.32. The maximum atomic E-state index is 13.8. The van der Waals surface area contributed by atoms with Crippen LogP contribution in [0.3, 0.4) is 0 Å². The van der Waals surface area contributed by atoms with Crippen LogP contribution in [0.5, 0.6) is 0 Å². The fourth-order valence-corrected chi connectivity index (χ4v) is 2.59. The van der Waals surface area contributed by atoms with Crippen LogP contribution < -0.4 is 5.32 Å². The van der Waals surface area contributed by atoms with Crippen molar-refractivity contribution in [3.8, 4) is 0 Å². The molecule has 0 radical (unpaired) electrons. The van der Waals surface area contributed by atoms with E-state index < -0.39 is 11.6 Å². The minimum atomic E-state index is -0.524. The van der Waals surface area contributed by atoms with E-state index in [1.165, 1.54) is 6.07 Å². The van der Waals surface area contributed by atoms with Crippen molar-refractivity contribution in [2.45, 2.75) is 51.7 Å². The topological polar surface area (TPSA) is 15.3 Å². The number of halogens is 2. The second kappa shape index (κ2) is 5.41. The average Bonchev–Trinajstić information content (AvgIpc) is 2.38. The Kier molecular flexibility index (Phi) is 4.17. The maximum absolute atomic E-state index is 13.8. The van der Waals surface area contributed by atoms with Crippen molar-refractivity contribution in [3.05, 3.63) is 35.4 Å². The Morgan fingerprint density at radius 2 is 1.95 bits per heavy atom. The van der Waals surface area contributed by atoms with E-state index in [0.717, 1.165) is 25.6 Å². The Bertz CT molecular complexity index is 487. The number of rotatable bonds is 3. The van der Waals surface area contributed by atoms with Crippen molar-refractivity contribution in [1.29, 1.82) is 0 Å². The molecule has 2 rings (SSSR count). The highest BCUT2D eigenvalue weighted by atomic mass is 19.1. The van der Waals surface area contributed by atoms with Crippen LogP contribution in [0.1, 0.15) is 39.7 Å². The summed E-state index contributed by atoms with van der Waals surface area (Å²) in [6.07, 6.45) is 1.02. The molecular formula is C16H24F2N2. The van der Waals surface area contributed by atoms with E-state index >= 15 is 0 Å². The zero-order valence-electron chi connectivity index (χ0n) is 12.8. The fourth-order valence-electron chi connectivity index (χ4n) is 2.59. The van der Waals surface area contributed by atoms with Crippen LogP contribution in [0.25, 0.3) is 0 Å². The predicted molar refractivity (Wildman–Crippen MR) is 77.5 cm³/mol. The van der Waals surface area contributed by atoms with E-state index in [9.17, 15) is 8.78 Å². The Labute approximate surface area is 120 Å². The van der Waals surface area contributed by atoms with Gasteiger partial charge >= 0.3 is 0 Å². The molecule has 0 spiro atoms. The Morgan fingerprint density at radius 3 is 2.55 bits per heavy atom. The second-order valence-corrected chi connectivity index (χ2v) is 6.67. The van der Waals surface area contributed by atoms with Crippen molar-refractivity contribution in [2.75, 3.05) is 13.1 Å². The standard InChI is InChI=1S/C16H24F2N2/c1-5-16(4)11-20(15(2,3)10-19-16)9-12-6-7-13(17)8-14(12)18/h6-8,19H,5,9-11H2,1-4H3. The minimum Gasteiger partial charge on any atom is -0.308 e. The number of piperazine rings is 1. The lowest BCUT2D eigenvalue weighted by Gasteiger charge is -2.50. The summed E-state index contributed by atoms with van der Waals surface area (Å²) in [5, 5.41) is 3.58. The van der Waals surface area contributed by atoms with E-state index in [0.29, 0.717) is 12.1 Å². The molecule has 1 atom stereocenters. The second-order valence-electron chi connectivity index (χ2n) is 6.67. The third-order valence-electron chi connectivity index (χ3n) is 4.50. The minimum absolute atomic E-state index is 0.0461. The summed E-state index contributed by atoms with van der Waals surface area (Å²) in [6, 6.07) is 3.84. The van der Waals surface area contributed by atoms with E-state index in [4.69, 9.17) is 0 Å². The Hall–Kier alpha value is -1.00. The number of nitrogens with zero attached hydrogens (tertiary/aromatic N) is 1. The van der Waals surface area contributed by atoms with Gasteiger partial charge in [-0.1, -0.05) is 13.0 Å². The molecule has 0 aromatic heterocycles. The van der Waals surface area contributed by atoms with Crippen molar-refractivity contribution >= 4 is 0 Å². The third-order valence-corrected chi connectivity index (χ3v) is 4.50. The molecule has 1 aromatic rings. The summed E-state index contributed by atoms with van der Waals surface area (Å²) < 4.78 is 26.8. The van der Waals surface area contributed by atoms with Gasteiger partial charge in [0.1, 0.15) is 11.6 Å². The van der Waals surface area contributed by atoms with Crippen LogP contribution in [0.2, 0.25) is 0 Å². The van der Waals surface area contributed by atoms with Gasteiger partial charge in [-0.3, -0.25) is 4.90 Å². The van der Waals surface area contributed by atoms with Gasteiger partial charge in [0.25, 0.3) is 0 Å². The van der Waals surface area contributed by atoms with Gasteiger partial charge in [0.2, 0.25) is 0 Å². The molecule has 1 fully saturated rings. The summed E-state index contributed by atoms with van der Waals surface area (Å²) in [5.74, 6) is -0.984. The zero-order chi connectivity index (χ0) is 15.0. The zero-order valence-corrected chi connectivity index (χ0v) is 12.8. The Morgan fingerprint density at radius 1 is 1.25 bits per heavy atom. The van der Waals surface area contributed by atoms with Gasteiger partial charge in [0.15, 0.2) is 0 Å². The Balaban J connectivity index is 2.20. The molecule has 1 aliphatic rings. The average molecular weight is 282 g/mol. The first kappa shape index (κ1) is 15.4. The molecular weight excluding hydrogens is 258 g/mol. The lowest BCUT2D eigenvalue weighted by molar-refractivity contribution is 0.0238. The molecule has 0 amide bonds. The van der Waals surface area contributed by atoms with Gasteiger partial charge in [-0.2, -0.15) is 0 Å². The molecule has 20 heavy (non-hydrogen) atoms. The van der Waals surface area contributed by atoms with Crippen molar-refractivity contribution in [2.24, 2.45) is 0 Å². The van der Waals surface area contributed by atoms with Gasteiger partial charge < -0.3 is 5.32 Å². The van der Waals surface area contributed by atoms with Crippen molar-refractivity contribution in [3.63, 3.8) is 0 Å². The van der Waals surface area contributed by atoms with Gasteiger partial charge in [-0.05, 0) is 33.3 Å². The molecule has 1 heterocycles. The van der Waals surface area contributed by atoms with Crippen LogP contribution in [0, 0.1) is 11.6 Å². The van der Waals surface area contributed by atoms with E-state index in [1.54, 1.807) is 6.07 Å². The first-order valence-electron chi connectivity index (χ1n) is 7.20. The van der Waals surface area contributed by atoms with Crippen molar-refractivity contribution in [1.82, 2.24) is 10.2 Å². The molecule has 4 heteroatoms. The molecule has 1 unspecified atom stereocenters. The molecule has 1 N–H and O–H groups in total. The fraction of sp³-hybridized carbons (Fsp3) is 0.625. The van der Waals surface area contributed by atoms with Crippen LogP contribution in [-0.2, 0) is 6.54 Å². The monoisotopic (exact) mass is 282 g/mol. The number of hydrogen-bond donors (Lipinski definition) is 1.